The molecule has 0 saturated heterocycles. The lowest BCUT2D eigenvalue weighted by molar-refractivity contribution is 0.0791. The Morgan fingerprint density at radius 1 is 0.667 bits per heavy atom. The summed E-state index contributed by atoms with van der Waals surface area (Å²) >= 11 is 3.79. The van der Waals surface area contributed by atoms with Crippen LogP contribution in [0.1, 0.15) is 46.0 Å². The van der Waals surface area contributed by atoms with E-state index in [0.717, 1.165) is 35.9 Å². The molecule has 0 bridgehead atoms. The summed E-state index contributed by atoms with van der Waals surface area (Å²) in [6.45, 7) is 1.36. The van der Waals surface area contributed by atoms with E-state index < -0.39 is 49.9 Å². The molecule has 0 aromatic rings. The first-order chi connectivity index (χ1) is 17.0. The van der Waals surface area contributed by atoms with Gasteiger partial charge in [-0.3, -0.25) is 27.1 Å². The van der Waals surface area contributed by atoms with Gasteiger partial charge in [-0.2, -0.15) is 23.5 Å². The Labute approximate surface area is 222 Å². The maximum absolute atomic E-state index is 11.8. The number of aliphatic hydroxyl groups is 1. The van der Waals surface area contributed by atoms with Crippen molar-refractivity contribution < 1.29 is 60.6 Å². The monoisotopic (exact) mass is 622 g/mol. The van der Waals surface area contributed by atoms with E-state index in [1.807, 2.05) is 23.5 Å². The smallest absolute Gasteiger partial charge is 0.396 e. The Morgan fingerprint density at radius 3 is 1.61 bits per heavy atom. The first-order valence-electron chi connectivity index (χ1n) is 11.6. The second-order valence-electron chi connectivity index (χ2n) is 7.26. The minimum atomic E-state index is -4.56. The maximum atomic E-state index is 11.8. The molecule has 0 saturated carbocycles. The van der Waals surface area contributed by atoms with E-state index in [1.165, 1.54) is 0 Å². The highest BCUT2D eigenvalue weighted by Gasteiger charge is 2.26. The van der Waals surface area contributed by atoms with Gasteiger partial charge in [0.1, 0.15) is 0 Å². The molecule has 18 heteroatoms. The standard InChI is InChI=1S/C18H41O13P3S2/c1-3-18(15-19)16-31-34(24,25)30-13-12-29-33(22,23)28-11-10-27-32(20,21)26-9-7-5-6-8-14-36-17-35-4-2/h18-19H,3-17H2,1-2H3,(H,20,21)(H,22,23)(H,24,25). The summed E-state index contributed by atoms with van der Waals surface area (Å²) in [5.41, 5.74) is 0. The Kier molecular flexibility index (Phi) is 22.4. The van der Waals surface area contributed by atoms with Crippen molar-refractivity contribution >= 4 is 47.0 Å². The molecule has 0 amide bonds. The molecule has 0 fully saturated rings. The fourth-order valence-electron chi connectivity index (χ4n) is 2.26. The highest BCUT2D eigenvalue weighted by atomic mass is 32.2. The molecule has 4 atom stereocenters. The molecule has 13 nitrogen and oxygen atoms in total. The predicted molar refractivity (Wildman–Crippen MR) is 140 cm³/mol. The van der Waals surface area contributed by atoms with Gasteiger partial charge < -0.3 is 19.8 Å². The summed E-state index contributed by atoms with van der Waals surface area (Å²) in [7, 11) is -13.3. The van der Waals surface area contributed by atoms with Crippen LogP contribution in [0.25, 0.3) is 0 Å². The average Bonchev–Trinajstić information content (AvgIpc) is 2.81. The minimum Gasteiger partial charge on any atom is -0.396 e. The van der Waals surface area contributed by atoms with Crippen LogP contribution in [-0.2, 0) is 40.8 Å². The van der Waals surface area contributed by atoms with Crippen molar-refractivity contribution in [2.45, 2.75) is 46.0 Å². The summed E-state index contributed by atoms with van der Waals surface area (Å²) in [6, 6.07) is 0. The largest absolute Gasteiger partial charge is 0.472 e. The number of phosphoric ester groups is 3. The van der Waals surface area contributed by atoms with Crippen LogP contribution in [0.3, 0.4) is 0 Å². The lowest BCUT2D eigenvalue weighted by Gasteiger charge is -2.17. The van der Waals surface area contributed by atoms with Crippen LogP contribution in [0.5, 0.6) is 0 Å². The van der Waals surface area contributed by atoms with Crippen LogP contribution < -0.4 is 0 Å². The zero-order chi connectivity index (χ0) is 27.3. The van der Waals surface area contributed by atoms with Crippen molar-refractivity contribution in [2.75, 3.05) is 62.8 Å². The maximum Gasteiger partial charge on any atom is 0.472 e. The quantitative estimate of drug-likeness (QED) is 0.0603. The topological polar surface area (TPSA) is 188 Å². The lowest BCUT2D eigenvalue weighted by Crippen LogP contribution is -2.13. The number of hydrogen-bond acceptors (Lipinski definition) is 12. The predicted octanol–water partition coefficient (Wildman–Crippen LogP) is 4.41. The summed E-state index contributed by atoms with van der Waals surface area (Å²) in [5.74, 6) is 1.87. The number of hydrogen-bond donors (Lipinski definition) is 4. The highest BCUT2D eigenvalue weighted by molar-refractivity contribution is 8.15. The van der Waals surface area contributed by atoms with Crippen LogP contribution in [0, 0.1) is 5.92 Å². The number of thioether (sulfide) groups is 2. The summed E-state index contributed by atoms with van der Waals surface area (Å²) < 4.78 is 63.3. The van der Waals surface area contributed by atoms with Gasteiger partial charge in [0.15, 0.2) is 0 Å². The average molecular weight is 623 g/mol. The Morgan fingerprint density at radius 2 is 1.14 bits per heavy atom. The number of phosphoric acid groups is 3. The molecule has 0 rings (SSSR count). The van der Waals surface area contributed by atoms with Gasteiger partial charge in [-0.05, 0) is 30.8 Å². The number of aliphatic hydroxyl groups excluding tert-OH is 1. The van der Waals surface area contributed by atoms with Crippen LogP contribution in [0.15, 0.2) is 0 Å². The van der Waals surface area contributed by atoms with E-state index in [0.29, 0.717) is 12.8 Å². The van der Waals surface area contributed by atoms with Gasteiger partial charge in [0, 0.05) is 17.6 Å². The Bertz CT molecular complexity index is 685. The molecular weight excluding hydrogens is 581 g/mol. The van der Waals surface area contributed by atoms with Gasteiger partial charge in [-0.25, -0.2) is 13.7 Å². The fraction of sp³-hybridized carbons (Fsp3) is 1.00. The van der Waals surface area contributed by atoms with Crippen LogP contribution >= 0.6 is 47.0 Å². The molecule has 0 aliphatic rings. The van der Waals surface area contributed by atoms with Gasteiger partial charge in [-0.1, -0.05) is 26.7 Å². The molecule has 0 heterocycles. The second kappa shape index (κ2) is 21.8. The third-order valence-electron chi connectivity index (χ3n) is 4.30. The van der Waals surface area contributed by atoms with Crippen molar-refractivity contribution in [3.63, 3.8) is 0 Å². The first kappa shape index (κ1) is 37.0. The van der Waals surface area contributed by atoms with E-state index in [2.05, 4.69) is 25.0 Å². The molecule has 0 aromatic carbocycles. The normalized spacial score (nSPS) is 17.8. The SMILES string of the molecule is CCSCSCCCCCCOP(=O)(O)OCCOP(=O)(O)OCCOP(=O)(O)OCC(CC)CO. The third-order valence-corrected chi connectivity index (χ3v) is 9.64. The summed E-state index contributed by atoms with van der Waals surface area (Å²) in [4.78, 5) is 28.7. The first-order valence-corrected chi connectivity index (χ1v) is 18.4. The van der Waals surface area contributed by atoms with Crippen LogP contribution in [0.2, 0.25) is 0 Å². The molecule has 4 N–H and O–H groups in total. The van der Waals surface area contributed by atoms with E-state index in [-0.39, 0.29) is 25.7 Å². The van der Waals surface area contributed by atoms with Crippen molar-refractivity contribution in [1.82, 2.24) is 0 Å². The molecule has 0 radical (unpaired) electrons. The fourth-order valence-corrected chi connectivity index (χ4v) is 6.48. The molecule has 4 unspecified atom stereocenters. The van der Waals surface area contributed by atoms with E-state index in [1.54, 1.807) is 6.92 Å². The molecular formula is C18H41O13P3S2. The van der Waals surface area contributed by atoms with Gasteiger partial charge in [0.2, 0.25) is 0 Å². The molecule has 0 aliphatic heterocycles. The zero-order valence-corrected chi connectivity index (χ0v) is 25.1. The Balaban J connectivity index is 3.87. The van der Waals surface area contributed by atoms with Crippen LogP contribution in [0.4, 0.5) is 0 Å². The molecule has 0 aliphatic carbocycles. The summed E-state index contributed by atoms with van der Waals surface area (Å²) in [5, 5.41) is 10.1. The van der Waals surface area contributed by atoms with Crippen LogP contribution in [-0.4, -0.2) is 82.6 Å². The third kappa shape index (κ3) is 22.9. The lowest BCUT2D eigenvalue weighted by atomic mass is 10.1. The van der Waals surface area contributed by atoms with Gasteiger partial charge in [0.25, 0.3) is 0 Å². The number of rotatable bonds is 26. The molecule has 36 heavy (non-hydrogen) atoms. The van der Waals surface area contributed by atoms with E-state index in [4.69, 9.17) is 14.2 Å². The van der Waals surface area contributed by atoms with Crippen molar-refractivity contribution in [2.24, 2.45) is 5.92 Å². The van der Waals surface area contributed by atoms with E-state index in [9.17, 15) is 28.4 Å². The molecule has 0 aromatic heterocycles. The highest BCUT2D eigenvalue weighted by Crippen LogP contribution is 2.47. The van der Waals surface area contributed by atoms with Gasteiger partial charge in [-0.15, -0.1) is 0 Å². The summed E-state index contributed by atoms with van der Waals surface area (Å²) in [6.07, 6.45) is 4.07. The molecule has 218 valence electrons. The molecule has 0 spiro atoms. The minimum absolute atomic E-state index is 0.0482. The number of unbranched alkanes of at least 4 members (excludes halogenated alkanes) is 3. The van der Waals surface area contributed by atoms with Gasteiger partial charge in [0.05, 0.1) is 39.6 Å². The van der Waals surface area contributed by atoms with E-state index >= 15 is 0 Å². The Hall–Kier alpha value is 0.990. The second-order valence-corrected chi connectivity index (χ2v) is 14.4. The van der Waals surface area contributed by atoms with Crippen molar-refractivity contribution in [1.29, 1.82) is 0 Å². The zero-order valence-electron chi connectivity index (χ0n) is 20.8. The van der Waals surface area contributed by atoms with Crippen molar-refractivity contribution in [3.8, 4) is 0 Å². The van der Waals surface area contributed by atoms with Gasteiger partial charge >= 0.3 is 23.5 Å². The van der Waals surface area contributed by atoms with Crippen molar-refractivity contribution in [3.05, 3.63) is 0 Å².